The average molecular weight is 351 g/mol. The highest BCUT2D eigenvalue weighted by molar-refractivity contribution is 9.10. The van der Waals surface area contributed by atoms with Crippen LogP contribution in [-0.2, 0) is 0 Å². The lowest BCUT2D eigenvalue weighted by Gasteiger charge is -2.12. The van der Waals surface area contributed by atoms with Crippen molar-refractivity contribution in [2.75, 3.05) is 17.2 Å². The zero-order chi connectivity index (χ0) is 15.2. The second-order valence-electron chi connectivity index (χ2n) is 4.74. The van der Waals surface area contributed by atoms with Gasteiger partial charge in [0.05, 0.1) is 10.6 Å². The van der Waals surface area contributed by atoms with E-state index < -0.39 is 0 Å². The van der Waals surface area contributed by atoms with Gasteiger partial charge >= 0.3 is 0 Å². The summed E-state index contributed by atoms with van der Waals surface area (Å²) in [4.78, 5) is 8.60. The van der Waals surface area contributed by atoms with Crippen molar-refractivity contribution in [2.45, 2.75) is 26.9 Å². The molecule has 0 fully saturated rings. The van der Waals surface area contributed by atoms with Crippen molar-refractivity contribution < 1.29 is 4.74 Å². The number of ether oxygens (including phenoxy) is 1. The van der Waals surface area contributed by atoms with Gasteiger partial charge in [0.2, 0.25) is 5.95 Å². The Balaban J connectivity index is 2.12. The fraction of sp³-hybridized carbons (Fsp3) is 0.333. The molecule has 112 valence electrons. The van der Waals surface area contributed by atoms with Gasteiger partial charge in [0.25, 0.3) is 0 Å². The molecule has 2 N–H and O–H groups in total. The number of nitrogens with zero attached hydrogens (tertiary/aromatic N) is 2. The maximum Gasteiger partial charge on any atom is 0.224 e. The fourth-order valence-electron chi connectivity index (χ4n) is 1.72. The molecule has 0 aliphatic heterocycles. The molecule has 2 aromatic rings. The number of anilines is 3. The SMILES string of the molecule is CCNc1ncc(Br)c(Nc2ccc(OC(C)C)cc2)n1. The van der Waals surface area contributed by atoms with Crippen molar-refractivity contribution in [3.05, 3.63) is 34.9 Å². The van der Waals surface area contributed by atoms with Gasteiger partial charge in [0, 0.05) is 18.4 Å². The number of hydrogen-bond acceptors (Lipinski definition) is 5. The molecule has 1 aromatic heterocycles. The minimum Gasteiger partial charge on any atom is -0.491 e. The zero-order valence-electron chi connectivity index (χ0n) is 12.4. The molecule has 21 heavy (non-hydrogen) atoms. The van der Waals surface area contributed by atoms with Crippen LogP contribution in [0.5, 0.6) is 5.75 Å². The highest BCUT2D eigenvalue weighted by Gasteiger charge is 2.05. The smallest absolute Gasteiger partial charge is 0.224 e. The Labute approximate surface area is 133 Å². The van der Waals surface area contributed by atoms with Crippen LogP contribution in [0, 0.1) is 0 Å². The Bertz CT molecular complexity index is 587. The van der Waals surface area contributed by atoms with Crippen LogP contribution in [0.25, 0.3) is 0 Å². The molecular formula is C15H19BrN4O. The summed E-state index contributed by atoms with van der Waals surface area (Å²) in [5.41, 5.74) is 0.938. The molecule has 0 aliphatic rings. The second-order valence-corrected chi connectivity index (χ2v) is 5.59. The third-order valence-corrected chi connectivity index (χ3v) is 3.15. The number of rotatable bonds is 6. The summed E-state index contributed by atoms with van der Waals surface area (Å²) in [6.45, 7) is 6.80. The lowest BCUT2D eigenvalue weighted by Crippen LogP contribution is -2.06. The van der Waals surface area contributed by atoms with E-state index in [0.717, 1.165) is 28.3 Å². The van der Waals surface area contributed by atoms with E-state index in [2.05, 4.69) is 36.5 Å². The van der Waals surface area contributed by atoms with Crippen LogP contribution in [0.1, 0.15) is 20.8 Å². The first kappa shape index (κ1) is 15.6. The zero-order valence-corrected chi connectivity index (χ0v) is 13.9. The lowest BCUT2D eigenvalue weighted by molar-refractivity contribution is 0.242. The maximum atomic E-state index is 5.62. The van der Waals surface area contributed by atoms with Gasteiger partial charge in [-0.3, -0.25) is 0 Å². The monoisotopic (exact) mass is 350 g/mol. The van der Waals surface area contributed by atoms with Crippen LogP contribution in [0.2, 0.25) is 0 Å². The minimum atomic E-state index is 0.169. The number of hydrogen-bond donors (Lipinski definition) is 2. The first-order valence-electron chi connectivity index (χ1n) is 6.88. The van der Waals surface area contributed by atoms with Gasteiger partial charge in [-0.25, -0.2) is 4.98 Å². The van der Waals surface area contributed by atoms with E-state index in [1.165, 1.54) is 0 Å². The lowest BCUT2D eigenvalue weighted by atomic mass is 10.3. The molecule has 0 saturated carbocycles. The summed E-state index contributed by atoms with van der Waals surface area (Å²) in [6, 6.07) is 7.78. The number of nitrogens with one attached hydrogen (secondary N) is 2. The summed E-state index contributed by atoms with van der Waals surface area (Å²) in [5, 5.41) is 6.35. The Kier molecular flexibility index (Phi) is 5.38. The molecule has 0 amide bonds. The molecule has 5 nitrogen and oxygen atoms in total. The van der Waals surface area contributed by atoms with E-state index in [9.17, 15) is 0 Å². The Morgan fingerprint density at radius 2 is 1.95 bits per heavy atom. The summed E-state index contributed by atoms with van der Waals surface area (Å²) in [5.74, 6) is 2.17. The molecule has 2 rings (SSSR count). The second kappa shape index (κ2) is 7.26. The first-order chi connectivity index (χ1) is 10.1. The molecule has 6 heteroatoms. The van der Waals surface area contributed by atoms with Gasteiger partial charge in [0.15, 0.2) is 0 Å². The Morgan fingerprint density at radius 1 is 1.24 bits per heavy atom. The first-order valence-corrected chi connectivity index (χ1v) is 7.68. The predicted molar refractivity (Wildman–Crippen MR) is 89.4 cm³/mol. The molecule has 1 aromatic carbocycles. The molecule has 0 spiro atoms. The van der Waals surface area contributed by atoms with Crippen molar-refractivity contribution in [3.8, 4) is 5.75 Å². The fourth-order valence-corrected chi connectivity index (χ4v) is 2.01. The third kappa shape index (κ3) is 4.60. The molecule has 0 aliphatic carbocycles. The average Bonchev–Trinajstić information content (AvgIpc) is 2.44. The quantitative estimate of drug-likeness (QED) is 0.817. The van der Waals surface area contributed by atoms with Gasteiger partial charge < -0.3 is 15.4 Å². The van der Waals surface area contributed by atoms with Gasteiger partial charge in [-0.2, -0.15) is 4.98 Å². The summed E-state index contributed by atoms with van der Waals surface area (Å²) < 4.78 is 6.43. The third-order valence-electron chi connectivity index (χ3n) is 2.57. The van der Waals surface area contributed by atoms with E-state index in [1.807, 2.05) is 45.0 Å². The van der Waals surface area contributed by atoms with E-state index in [-0.39, 0.29) is 6.10 Å². The van der Waals surface area contributed by atoms with Crippen LogP contribution >= 0.6 is 15.9 Å². The van der Waals surface area contributed by atoms with Crippen LogP contribution in [0.3, 0.4) is 0 Å². The van der Waals surface area contributed by atoms with Crippen molar-refractivity contribution >= 4 is 33.4 Å². The van der Waals surface area contributed by atoms with E-state index in [0.29, 0.717) is 5.95 Å². The molecule has 1 heterocycles. The van der Waals surface area contributed by atoms with E-state index in [1.54, 1.807) is 6.20 Å². The minimum absolute atomic E-state index is 0.169. The maximum absolute atomic E-state index is 5.62. The van der Waals surface area contributed by atoms with Crippen LogP contribution in [0.4, 0.5) is 17.5 Å². The van der Waals surface area contributed by atoms with Crippen molar-refractivity contribution in [1.82, 2.24) is 9.97 Å². The largest absolute Gasteiger partial charge is 0.491 e. The molecular weight excluding hydrogens is 332 g/mol. The molecule has 0 atom stereocenters. The summed E-state index contributed by atoms with van der Waals surface area (Å²) in [7, 11) is 0. The Morgan fingerprint density at radius 3 is 2.57 bits per heavy atom. The van der Waals surface area contributed by atoms with Gasteiger partial charge in [-0.1, -0.05) is 0 Å². The van der Waals surface area contributed by atoms with Crippen LogP contribution < -0.4 is 15.4 Å². The van der Waals surface area contributed by atoms with Crippen LogP contribution in [0.15, 0.2) is 34.9 Å². The van der Waals surface area contributed by atoms with Gasteiger partial charge in [-0.05, 0) is 61.0 Å². The van der Waals surface area contributed by atoms with Gasteiger partial charge in [-0.15, -0.1) is 0 Å². The predicted octanol–water partition coefficient (Wildman–Crippen LogP) is 4.20. The molecule has 0 unspecified atom stereocenters. The van der Waals surface area contributed by atoms with Gasteiger partial charge in [0.1, 0.15) is 11.6 Å². The standard InChI is InChI=1S/C15H19BrN4O/c1-4-17-15-18-9-13(16)14(20-15)19-11-5-7-12(8-6-11)21-10(2)3/h5-10H,4H2,1-3H3,(H2,17,18,19,20). The number of benzene rings is 1. The highest BCUT2D eigenvalue weighted by Crippen LogP contribution is 2.25. The van der Waals surface area contributed by atoms with Crippen molar-refractivity contribution in [2.24, 2.45) is 0 Å². The topological polar surface area (TPSA) is 59.1 Å². The summed E-state index contributed by atoms with van der Waals surface area (Å²) in [6.07, 6.45) is 1.89. The number of aromatic nitrogens is 2. The van der Waals surface area contributed by atoms with E-state index in [4.69, 9.17) is 4.74 Å². The number of halogens is 1. The molecule has 0 saturated heterocycles. The summed E-state index contributed by atoms with van der Waals surface area (Å²) >= 11 is 3.45. The highest BCUT2D eigenvalue weighted by atomic mass is 79.9. The molecule has 0 radical (unpaired) electrons. The van der Waals surface area contributed by atoms with Crippen molar-refractivity contribution in [3.63, 3.8) is 0 Å². The van der Waals surface area contributed by atoms with Crippen molar-refractivity contribution in [1.29, 1.82) is 0 Å². The van der Waals surface area contributed by atoms with Crippen LogP contribution in [-0.4, -0.2) is 22.6 Å². The van der Waals surface area contributed by atoms with E-state index >= 15 is 0 Å². The Hall–Kier alpha value is -1.82. The normalized spacial score (nSPS) is 10.5. The molecule has 0 bridgehead atoms.